The molecule has 5 rings (SSSR count). The molecule has 1 atom stereocenters. The van der Waals surface area contributed by atoms with Crippen LogP contribution in [-0.4, -0.2) is 21.5 Å². The highest BCUT2D eigenvalue weighted by atomic mass is 15.0. The van der Waals surface area contributed by atoms with Gasteiger partial charge in [-0.3, -0.25) is 4.98 Å². The molecular weight excluding hydrogens is 406 g/mol. The zero-order chi connectivity index (χ0) is 22.6. The zero-order valence-corrected chi connectivity index (χ0v) is 18.4. The maximum atomic E-state index is 5.96. The van der Waals surface area contributed by atoms with Gasteiger partial charge in [-0.25, -0.2) is 9.97 Å². The summed E-state index contributed by atoms with van der Waals surface area (Å²) in [6.07, 6.45) is 3.68. The quantitative estimate of drug-likeness (QED) is 0.331. The van der Waals surface area contributed by atoms with Crippen LogP contribution in [-0.2, 0) is 0 Å². The Morgan fingerprint density at radius 1 is 0.818 bits per heavy atom. The van der Waals surface area contributed by atoms with Crippen LogP contribution in [0.15, 0.2) is 97.3 Å². The minimum absolute atomic E-state index is 0.157. The lowest BCUT2D eigenvalue weighted by atomic mass is 9.92. The van der Waals surface area contributed by atoms with Crippen molar-refractivity contribution >= 4 is 22.4 Å². The Labute approximate surface area is 193 Å². The maximum absolute atomic E-state index is 5.96. The number of nitrogens with one attached hydrogen (secondary N) is 1. The van der Waals surface area contributed by atoms with Crippen LogP contribution >= 0.6 is 0 Å². The largest absolute Gasteiger partial charge is 0.399 e. The van der Waals surface area contributed by atoms with E-state index in [2.05, 4.69) is 52.8 Å². The second-order valence-electron chi connectivity index (χ2n) is 8.11. The predicted octanol–water partition coefficient (Wildman–Crippen LogP) is 5.83. The van der Waals surface area contributed by atoms with Gasteiger partial charge in [0.1, 0.15) is 5.82 Å². The van der Waals surface area contributed by atoms with Crippen molar-refractivity contribution in [3.8, 4) is 11.4 Å². The molecule has 0 bridgehead atoms. The summed E-state index contributed by atoms with van der Waals surface area (Å²) in [5, 5.41) is 4.63. The maximum Gasteiger partial charge on any atom is 0.162 e. The summed E-state index contributed by atoms with van der Waals surface area (Å²) in [4.78, 5) is 14.0. The molecule has 0 radical (unpaired) electrons. The van der Waals surface area contributed by atoms with Gasteiger partial charge >= 0.3 is 0 Å². The molecule has 33 heavy (non-hydrogen) atoms. The van der Waals surface area contributed by atoms with Gasteiger partial charge in [-0.1, -0.05) is 42.5 Å². The Kier molecular flexibility index (Phi) is 5.68. The molecule has 2 heterocycles. The van der Waals surface area contributed by atoms with Crippen molar-refractivity contribution in [2.75, 3.05) is 17.6 Å². The third-order valence-electron chi connectivity index (χ3n) is 5.88. The summed E-state index contributed by atoms with van der Waals surface area (Å²) in [5.41, 5.74) is 12.1. The summed E-state index contributed by atoms with van der Waals surface area (Å²) >= 11 is 0. The number of para-hydroxylation sites is 1. The fourth-order valence-electron chi connectivity index (χ4n) is 4.18. The van der Waals surface area contributed by atoms with E-state index in [-0.39, 0.29) is 5.92 Å². The molecule has 3 aromatic carbocycles. The van der Waals surface area contributed by atoms with E-state index in [4.69, 9.17) is 15.7 Å². The molecular formula is C28H25N5. The first-order chi connectivity index (χ1) is 16.2. The van der Waals surface area contributed by atoms with Crippen molar-refractivity contribution in [2.24, 2.45) is 0 Å². The number of hydrogen-bond acceptors (Lipinski definition) is 5. The van der Waals surface area contributed by atoms with Crippen molar-refractivity contribution in [1.29, 1.82) is 0 Å². The molecule has 162 valence electrons. The number of aromatic nitrogens is 3. The summed E-state index contributed by atoms with van der Waals surface area (Å²) in [6, 6.07) is 28.6. The SMILES string of the molecule is Cc1cc(N)ccc1-c1nc(NCC(c2ccccc2)c2ccncc2)c2ccccc2n1. The smallest absolute Gasteiger partial charge is 0.162 e. The van der Waals surface area contributed by atoms with Gasteiger partial charge in [0, 0.05) is 41.5 Å². The molecule has 0 fully saturated rings. The van der Waals surface area contributed by atoms with Crippen molar-refractivity contribution in [2.45, 2.75) is 12.8 Å². The lowest BCUT2D eigenvalue weighted by Gasteiger charge is -2.20. The Morgan fingerprint density at radius 2 is 1.55 bits per heavy atom. The van der Waals surface area contributed by atoms with E-state index < -0.39 is 0 Å². The number of aryl methyl sites for hydroxylation is 1. The topological polar surface area (TPSA) is 76.7 Å². The van der Waals surface area contributed by atoms with Gasteiger partial charge in [-0.05, 0) is 66.1 Å². The van der Waals surface area contributed by atoms with Gasteiger partial charge in [0.15, 0.2) is 5.82 Å². The Balaban J connectivity index is 1.55. The van der Waals surface area contributed by atoms with Crippen LogP contribution in [0.25, 0.3) is 22.3 Å². The zero-order valence-electron chi connectivity index (χ0n) is 18.4. The Bertz CT molecular complexity index is 1340. The molecule has 1 unspecified atom stereocenters. The van der Waals surface area contributed by atoms with Gasteiger partial charge < -0.3 is 11.1 Å². The third-order valence-corrected chi connectivity index (χ3v) is 5.88. The molecule has 2 aromatic heterocycles. The van der Waals surface area contributed by atoms with Gasteiger partial charge in [0.2, 0.25) is 0 Å². The van der Waals surface area contributed by atoms with Crippen LogP contribution in [0.5, 0.6) is 0 Å². The first-order valence-corrected chi connectivity index (χ1v) is 11.0. The van der Waals surface area contributed by atoms with Gasteiger partial charge in [0.05, 0.1) is 5.52 Å². The standard InChI is InChI=1S/C28H25N5/c1-19-17-22(29)11-12-23(19)28-32-26-10-6-5-9-24(26)27(33-28)31-18-25(20-7-3-2-4-8-20)21-13-15-30-16-14-21/h2-17,25H,18,29H2,1H3,(H,31,32,33). The Hall–Kier alpha value is -4.25. The second kappa shape index (κ2) is 9.09. The van der Waals surface area contributed by atoms with E-state index in [0.29, 0.717) is 12.4 Å². The van der Waals surface area contributed by atoms with Crippen LogP contribution in [0.1, 0.15) is 22.6 Å². The number of pyridine rings is 1. The summed E-state index contributed by atoms with van der Waals surface area (Å²) in [7, 11) is 0. The fraction of sp³-hybridized carbons (Fsp3) is 0.107. The number of fused-ring (bicyclic) bond motifs is 1. The highest BCUT2D eigenvalue weighted by Crippen LogP contribution is 2.30. The number of rotatable bonds is 6. The molecule has 0 aliphatic rings. The average molecular weight is 432 g/mol. The van der Waals surface area contributed by atoms with Crippen molar-refractivity contribution < 1.29 is 0 Å². The van der Waals surface area contributed by atoms with E-state index in [1.165, 1.54) is 11.1 Å². The summed E-state index contributed by atoms with van der Waals surface area (Å²) in [6.45, 7) is 2.72. The molecule has 0 saturated carbocycles. The fourth-order valence-corrected chi connectivity index (χ4v) is 4.18. The lowest BCUT2D eigenvalue weighted by molar-refractivity contribution is 0.846. The normalized spacial score (nSPS) is 11.9. The first-order valence-electron chi connectivity index (χ1n) is 11.0. The lowest BCUT2D eigenvalue weighted by Crippen LogP contribution is -2.15. The van der Waals surface area contributed by atoms with E-state index in [9.17, 15) is 0 Å². The van der Waals surface area contributed by atoms with E-state index >= 15 is 0 Å². The molecule has 0 aliphatic carbocycles. The van der Waals surface area contributed by atoms with Crippen LogP contribution in [0, 0.1) is 6.92 Å². The molecule has 0 saturated heterocycles. The van der Waals surface area contributed by atoms with E-state index in [1.54, 1.807) is 0 Å². The van der Waals surface area contributed by atoms with Crippen LogP contribution in [0.2, 0.25) is 0 Å². The number of anilines is 2. The molecule has 5 nitrogen and oxygen atoms in total. The number of hydrogen-bond donors (Lipinski definition) is 2. The van der Waals surface area contributed by atoms with Crippen LogP contribution < -0.4 is 11.1 Å². The van der Waals surface area contributed by atoms with Crippen molar-refractivity contribution in [3.05, 3.63) is 114 Å². The van der Waals surface area contributed by atoms with Crippen molar-refractivity contribution in [3.63, 3.8) is 0 Å². The monoisotopic (exact) mass is 431 g/mol. The van der Waals surface area contributed by atoms with Gasteiger partial charge in [-0.2, -0.15) is 0 Å². The van der Waals surface area contributed by atoms with E-state index in [1.807, 2.05) is 61.8 Å². The number of benzene rings is 3. The van der Waals surface area contributed by atoms with Gasteiger partial charge in [-0.15, -0.1) is 0 Å². The number of nitrogens with two attached hydrogens (primary N) is 1. The highest BCUT2D eigenvalue weighted by Gasteiger charge is 2.16. The van der Waals surface area contributed by atoms with Crippen LogP contribution in [0.3, 0.4) is 0 Å². The van der Waals surface area contributed by atoms with Gasteiger partial charge in [0.25, 0.3) is 0 Å². The first kappa shape index (κ1) is 20.6. The number of nitrogen functional groups attached to an aromatic ring is 1. The summed E-state index contributed by atoms with van der Waals surface area (Å²) < 4.78 is 0. The minimum Gasteiger partial charge on any atom is -0.399 e. The average Bonchev–Trinajstić information content (AvgIpc) is 2.85. The van der Waals surface area contributed by atoms with Crippen LogP contribution in [0.4, 0.5) is 11.5 Å². The summed E-state index contributed by atoms with van der Waals surface area (Å²) in [5.74, 6) is 1.67. The predicted molar refractivity (Wildman–Crippen MR) is 135 cm³/mol. The molecule has 0 amide bonds. The molecule has 5 heteroatoms. The number of nitrogens with zero attached hydrogens (tertiary/aromatic N) is 3. The highest BCUT2D eigenvalue weighted by molar-refractivity contribution is 5.90. The van der Waals surface area contributed by atoms with E-state index in [0.717, 1.165) is 33.5 Å². The minimum atomic E-state index is 0.157. The molecule has 3 N–H and O–H groups in total. The third kappa shape index (κ3) is 4.39. The Morgan fingerprint density at radius 3 is 2.33 bits per heavy atom. The second-order valence-corrected chi connectivity index (χ2v) is 8.11. The van der Waals surface area contributed by atoms with Crippen molar-refractivity contribution in [1.82, 2.24) is 15.0 Å². The molecule has 5 aromatic rings. The molecule has 0 spiro atoms. The molecule has 0 aliphatic heterocycles.